The monoisotopic (exact) mass is 675 g/mol. The Bertz CT molecular complexity index is 2010. The van der Waals surface area contributed by atoms with E-state index in [1.165, 1.54) is 23.6 Å². The van der Waals surface area contributed by atoms with Crippen molar-refractivity contribution < 1.29 is 28.5 Å². The lowest BCUT2D eigenvalue weighted by Gasteiger charge is -2.31. The van der Waals surface area contributed by atoms with E-state index < -0.39 is 35.1 Å². The maximum atomic E-state index is 15.4. The van der Waals surface area contributed by atoms with Crippen molar-refractivity contribution in [2.45, 2.75) is 84.1 Å². The number of para-hydroxylation sites is 1. The lowest BCUT2D eigenvalue weighted by atomic mass is 10.0. The van der Waals surface area contributed by atoms with Gasteiger partial charge in [0.15, 0.2) is 11.5 Å². The summed E-state index contributed by atoms with van der Waals surface area (Å²) in [5.41, 5.74) is 1.22. The second-order valence-corrected chi connectivity index (χ2v) is 14.8. The minimum Gasteiger partial charge on any atom is -0.442 e. The molecule has 2 fully saturated rings. The van der Waals surface area contributed by atoms with E-state index in [-0.39, 0.29) is 25.0 Å². The van der Waals surface area contributed by atoms with Gasteiger partial charge in [-0.2, -0.15) is 14.8 Å². The predicted molar refractivity (Wildman–Crippen MR) is 180 cm³/mol. The summed E-state index contributed by atoms with van der Waals surface area (Å²) in [5, 5.41) is 22.4. The number of hydrogen-bond acceptors (Lipinski definition) is 12. The van der Waals surface area contributed by atoms with E-state index in [0.29, 0.717) is 40.8 Å². The molecule has 3 aromatic heterocycles. The SMILES string of the molecule is Cc1nc(NCc2cc3cnn(C(=O)OC(C)(C)C)c3cc2F)nc(NC23CCC(CO)C2OC(C)(C)O3)c1-c1nc2ccccc2s1. The second kappa shape index (κ2) is 11.7. The van der Waals surface area contributed by atoms with Gasteiger partial charge in [-0.1, -0.05) is 12.1 Å². The summed E-state index contributed by atoms with van der Waals surface area (Å²) in [4.78, 5) is 27.2. The minimum atomic E-state index is -0.939. The zero-order valence-corrected chi connectivity index (χ0v) is 28.4. The molecular formula is C34H38FN7O5S. The number of carbonyl (C=O) groups excluding carboxylic acids is 1. The molecule has 14 heteroatoms. The fourth-order valence-electron chi connectivity index (χ4n) is 6.52. The summed E-state index contributed by atoms with van der Waals surface area (Å²) in [6.45, 7) is 10.9. The molecule has 5 aromatic rings. The fraction of sp³-hybridized carbons (Fsp3) is 0.441. The molecule has 1 saturated carbocycles. The van der Waals surface area contributed by atoms with Crippen LogP contribution in [0.4, 0.5) is 21.0 Å². The molecule has 7 rings (SSSR count). The van der Waals surface area contributed by atoms with E-state index in [0.717, 1.165) is 25.5 Å². The van der Waals surface area contributed by atoms with Gasteiger partial charge in [-0.25, -0.2) is 19.2 Å². The van der Waals surface area contributed by atoms with Crippen molar-refractivity contribution in [2.24, 2.45) is 5.92 Å². The minimum absolute atomic E-state index is 0.0273. The Labute approximate surface area is 280 Å². The third-order valence-corrected chi connectivity index (χ3v) is 9.57. The smallest absolute Gasteiger partial charge is 0.435 e. The molecule has 3 unspecified atom stereocenters. The predicted octanol–water partition coefficient (Wildman–Crippen LogP) is 6.61. The maximum absolute atomic E-state index is 15.4. The molecule has 0 amide bonds. The van der Waals surface area contributed by atoms with Crippen molar-refractivity contribution in [1.82, 2.24) is 24.7 Å². The van der Waals surface area contributed by atoms with Crippen LogP contribution < -0.4 is 10.6 Å². The Morgan fingerprint density at radius 1 is 1.21 bits per heavy atom. The van der Waals surface area contributed by atoms with Crippen LogP contribution in [0.15, 0.2) is 42.6 Å². The molecule has 0 spiro atoms. The van der Waals surface area contributed by atoms with E-state index in [1.807, 2.05) is 45.0 Å². The number of fused-ring (bicyclic) bond motifs is 3. The van der Waals surface area contributed by atoms with Gasteiger partial charge in [0.05, 0.1) is 33.2 Å². The first-order chi connectivity index (χ1) is 22.7. The number of aromatic nitrogens is 5. The van der Waals surface area contributed by atoms with Gasteiger partial charge in [0.2, 0.25) is 5.95 Å². The summed E-state index contributed by atoms with van der Waals surface area (Å²) >= 11 is 1.54. The topological polar surface area (TPSA) is 146 Å². The number of nitrogens with one attached hydrogen (secondary N) is 2. The van der Waals surface area contributed by atoms with Gasteiger partial charge in [0.25, 0.3) is 0 Å². The van der Waals surface area contributed by atoms with Crippen molar-refractivity contribution in [3.05, 3.63) is 59.7 Å². The summed E-state index contributed by atoms with van der Waals surface area (Å²) in [7, 11) is 0. The van der Waals surface area contributed by atoms with Crippen LogP contribution in [0, 0.1) is 18.7 Å². The van der Waals surface area contributed by atoms with Gasteiger partial charge < -0.3 is 30.0 Å². The van der Waals surface area contributed by atoms with Crippen LogP contribution in [0.5, 0.6) is 0 Å². The highest BCUT2D eigenvalue weighted by molar-refractivity contribution is 7.21. The number of anilines is 2. The lowest BCUT2D eigenvalue weighted by molar-refractivity contribution is -0.168. The zero-order chi connectivity index (χ0) is 34.0. The molecular weight excluding hydrogens is 637 g/mol. The van der Waals surface area contributed by atoms with E-state index >= 15 is 4.39 Å². The largest absolute Gasteiger partial charge is 0.442 e. The highest BCUT2D eigenvalue weighted by Crippen LogP contribution is 2.50. The molecule has 1 aliphatic carbocycles. The van der Waals surface area contributed by atoms with Crippen molar-refractivity contribution in [2.75, 3.05) is 17.2 Å². The molecule has 3 N–H and O–H groups in total. The number of aryl methyl sites for hydroxylation is 1. The van der Waals surface area contributed by atoms with E-state index in [4.69, 9.17) is 29.2 Å². The van der Waals surface area contributed by atoms with Crippen LogP contribution in [0.25, 0.3) is 31.7 Å². The molecule has 4 heterocycles. The number of ether oxygens (including phenoxy) is 3. The highest BCUT2D eigenvalue weighted by atomic mass is 32.1. The van der Waals surface area contributed by atoms with E-state index in [2.05, 4.69) is 15.7 Å². The highest BCUT2D eigenvalue weighted by Gasteiger charge is 2.60. The molecule has 2 aromatic carbocycles. The molecule has 0 radical (unpaired) electrons. The van der Waals surface area contributed by atoms with Crippen molar-refractivity contribution in [3.8, 4) is 10.6 Å². The van der Waals surface area contributed by atoms with Gasteiger partial charge in [-0.15, -0.1) is 11.3 Å². The average Bonchev–Trinajstić information content (AvgIpc) is 3.74. The zero-order valence-electron chi connectivity index (χ0n) is 27.6. The van der Waals surface area contributed by atoms with Gasteiger partial charge in [0, 0.05) is 36.1 Å². The Morgan fingerprint density at radius 2 is 2.00 bits per heavy atom. The van der Waals surface area contributed by atoms with Gasteiger partial charge in [-0.3, -0.25) is 0 Å². The number of thiazole rings is 1. The summed E-state index contributed by atoms with van der Waals surface area (Å²) < 4.78 is 35.8. The lowest BCUT2D eigenvalue weighted by Crippen LogP contribution is -2.46. The summed E-state index contributed by atoms with van der Waals surface area (Å²) in [6.07, 6.45) is 1.71. The third-order valence-electron chi connectivity index (χ3n) is 8.51. The molecule has 3 atom stereocenters. The second-order valence-electron chi connectivity index (χ2n) is 13.8. The first-order valence-corrected chi connectivity index (χ1v) is 16.7. The van der Waals surface area contributed by atoms with Gasteiger partial charge >= 0.3 is 6.09 Å². The van der Waals surface area contributed by atoms with Crippen LogP contribution in [-0.2, 0) is 20.8 Å². The van der Waals surface area contributed by atoms with Crippen molar-refractivity contribution in [1.29, 1.82) is 0 Å². The fourth-order valence-corrected chi connectivity index (χ4v) is 7.59. The Morgan fingerprint density at radius 3 is 2.75 bits per heavy atom. The van der Waals surface area contributed by atoms with Crippen LogP contribution in [-0.4, -0.2) is 65.8 Å². The van der Waals surface area contributed by atoms with E-state index in [9.17, 15) is 9.90 Å². The Balaban J connectivity index is 1.23. The number of aliphatic hydroxyl groups excluding tert-OH is 1. The standard InChI is InChI=1S/C34H38FN7O5S/c1-18-26(29-39-23-9-7-8-10-25(23)48-29)28(41-34-12-11-19(17-43)27(34)45-33(5,6)47-34)40-30(38-18)36-15-20-13-21-16-37-42(24(21)14-22(20)35)31(44)46-32(2,3)4/h7-10,13-14,16,19,27,43H,11-12,15,17H2,1-6H3,(H2,36,38,40,41). The normalized spacial score (nSPS) is 21.9. The first-order valence-electron chi connectivity index (χ1n) is 15.9. The van der Waals surface area contributed by atoms with Crippen LogP contribution in [0.1, 0.15) is 58.7 Å². The van der Waals surface area contributed by atoms with Crippen LogP contribution in [0.3, 0.4) is 0 Å². The van der Waals surface area contributed by atoms with Gasteiger partial charge in [0.1, 0.15) is 28.3 Å². The van der Waals surface area contributed by atoms with Crippen LogP contribution in [0.2, 0.25) is 0 Å². The molecule has 12 nitrogen and oxygen atoms in total. The molecule has 0 bridgehead atoms. The maximum Gasteiger partial charge on any atom is 0.435 e. The average molecular weight is 676 g/mol. The quantitative estimate of drug-likeness (QED) is 0.171. The number of halogens is 1. The number of nitrogens with zero attached hydrogens (tertiary/aromatic N) is 5. The summed E-state index contributed by atoms with van der Waals surface area (Å²) in [5.74, 6) is -0.751. The number of hydrogen-bond donors (Lipinski definition) is 3. The third kappa shape index (κ3) is 5.97. The Kier molecular flexibility index (Phi) is 7.89. The summed E-state index contributed by atoms with van der Waals surface area (Å²) in [6, 6.07) is 10.8. The van der Waals surface area contributed by atoms with Gasteiger partial charge in [-0.05, 0) is 72.6 Å². The van der Waals surface area contributed by atoms with Crippen molar-refractivity contribution in [3.63, 3.8) is 0 Å². The van der Waals surface area contributed by atoms with E-state index in [1.54, 1.807) is 26.8 Å². The molecule has 252 valence electrons. The number of aliphatic hydroxyl groups is 1. The molecule has 2 aliphatic rings. The molecule has 1 aliphatic heterocycles. The van der Waals surface area contributed by atoms with Crippen LogP contribution >= 0.6 is 11.3 Å². The Hall–Kier alpha value is -4.24. The number of carbonyl (C=O) groups is 1. The number of benzene rings is 2. The van der Waals surface area contributed by atoms with Crippen molar-refractivity contribution >= 4 is 50.3 Å². The molecule has 48 heavy (non-hydrogen) atoms. The molecule has 1 saturated heterocycles. The number of rotatable bonds is 7. The first kappa shape index (κ1) is 32.3.